The Balaban J connectivity index is 0.000000110. The molecule has 0 unspecified atom stereocenters. The number of anilines is 4. The number of amides is 4. The second kappa shape index (κ2) is 41.8. The molecule has 12 N–H and O–H groups in total. The molecule has 1 aliphatic rings. The number of fused-ring (bicyclic) bond motifs is 8. The van der Waals surface area contributed by atoms with Crippen LogP contribution in [0.25, 0.3) is 223 Å². The first kappa shape index (κ1) is 93.2. The molecule has 36 heteroatoms. The fraction of sp³-hybridized carbons (Fsp3) is 0.105. The highest BCUT2D eigenvalue weighted by molar-refractivity contribution is 6.05. The minimum Gasteiger partial charge on any atom is -0.335 e. The van der Waals surface area contributed by atoms with Crippen LogP contribution in [-0.2, 0) is 25.6 Å². The van der Waals surface area contributed by atoms with Crippen molar-refractivity contribution in [3.63, 3.8) is 0 Å². The van der Waals surface area contributed by atoms with Crippen molar-refractivity contribution >= 4 is 134 Å². The van der Waals surface area contributed by atoms with E-state index in [-0.39, 0.29) is 29.5 Å². The van der Waals surface area contributed by atoms with Crippen molar-refractivity contribution in [2.75, 3.05) is 21.3 Å². The molecule has 150 heavy (non-hydrogen) atoms. The number of pyridine rings is 12. The zero-order valence-electron chi connectivity index (χ0n) is 80.6. The second-order valence-corrected chi connectivity index (χ2v) is 36.1. The van der Waals surface area contributed by atoms with Crippen LogP contribution in [0.5, 0.6) is 0 Å². The summed E-state index contributed by atoms with van der Waals surface area (Å²) in [7, 11) is 0. The molecule has 20 aromatic heterocycles. The maximum atomic E-state index is 12.6. The standard InChI is InChI=1S/C31H22N8O.C28H22N8O.C28H24N8O.C27H22N8O/c40-28(11-19-5-2-1-3-6-19)35-23-12-22(15-33-16-23)20-8-9-26-24(13-20)30(39-38-26)31-36-27-18-34-17-25(29(27)37-31)21-7-4-10-32-14-21;37-28(16-3-1-4-16)32-20-9-19(12-30-13-20)17-6-7-23-21(10-17)26(36-35-23)27-33-24-15-31-14-22(25(24)34-27)18-5-2-8-29-11-18;1-2-3-6-25(37)32-20-10-19(13-30-14-20)17-7-8-23-21(11-17)27(36-35-23)28-33-24-16-31-15-22(26(24)34-28)18-5-4-9-29-12-18;1-2-4-24(36)31-19-9-18(12-29-13-19)16-6-7-22-20(10-16)26(35-34-22)27-32-23-15-30-14-21(25(23)33-27)17-5-3-8-28-11-17/h1-10,12-18H,11H2,(H,35,40)(H,36,37)(H,38,39);2,5-16H,1,3-4H2,(H,32,37)(H,33,34)(H,35,36);4-5,7-16H,2-3,6H2,1H3,(H,32,37)(H,33,34)(H,35,36);3,5-15H,2,4H2,1H3,(H,31,36)(H,32,33)(H,34,35). The van der Waals surface area contributed by atoms with Gasteiger partial charge in [0.1, 0.15) is 44.8 Å². The summed E-state index contributed by atoms with van der Waals surface area (Å²) in [4.78, 5) is 134. The minimum absolute atomic E-state index is 0.00148. The van der Waals surface area contributed by atoms with Crippen LogP contribution in [0.3, 0.4) is 0 Å². The predicted octanol–water partition coefficient (Wildman–Crippen LogP) is 22.3. The minimum atomic E-state index is -0.0947. The number of aromatic amines is 8. The van der Waals surface area contributed by atoms with E-state index >= 15 is 0 Å². The number of hydrogen-bond donors (Lipinski definition) is 12. The molecule has 0 aliphatic heterocycles. The smallest absolute Gasteiger partial charge is 0.228 e. The zero-order valence-corrected chi connectivity index (χ0v) is 80.6. The van der Waals surface area contributed by atoms with Crippen LogP contribution >= 0.6 is 0 Å². The number of H-pyrrole nitrogens is 8. The predicted molar refractivity (Wildman–Crippen MR) is 578 cm³/mol. The Labute approximate surface area is 852 Å². The maximum Gasteiger partial charge on any atom is 0.228 e. The van der Waals surface area contributed by atoms with Crippen molar-refractivity contribution in [3.8, 4) is 135 Å². The monoisotopic (exact) mass is 1970 g/mol. The lowest BCUT2D eigenvalue weighted by Gasteiger charge is -2.24. The topological polar surface area (TPSA) is 501 Å². The number of nitrogens with zero attached hydrogens (tertiary/aromatic N) is 20. The number of carbonyl (C=O) groups is 4. The third-order valence-electron chi connectivity index (χ3n) is 25.9. The molecule has 1 saturated carbocycles. The van der Waals surface area contributed by atoms with Gasteiger partial charge >= 0.3 is 0 Å². The summed E-state index contributed by atoms with van der Waals surface area (Å²) in [6.45, 7) is 4.04. The summed E-state index contributed by atoms with van der Waals surface area (Å²) in [6, 6.07) is 57.1. The van der Waals surface area contributed by atoms with E-state index in [1.54, 1.807) is 149 Å². The molecule has 1 aliphatic carbocycles. The van der Waals surface area contributed by atoms with E-state index < -0.39 is 0 Å². The number of nitrogens with one attached hydrogen (secondary N) is 12. The Bertz CT molecular complexity index is 9300. The van der Waals surface area contributed by atoms with Gasteiger partial charge in [-0.1, -0.05) is 106 Å². The molecule has 36 nitrogen and oxygen atoms in total. The molecule has 0 radical (unpaired) electrons. The Morgan fingerprint density at radius 2 is 0.587 bits per heavy atom. The van der Waals surface area contributed by atoms with Crippen molar-refractivity contribution in [3.05, 3.63) is 330 Å². The summed E-state index contributed by atoms with van der Waals surface area (Å²) in [5.41, 5.74) is 31.3. The SMILES string of the molecule is CCCC(=O)Nc1cncc(-c2ccc3[nH]nc(-c4nc5c(-c6cccnc6)cncc5[nH]4)c3c2)c1.CCCCC(=O)Nc1cncc(-c2ccc3[nH]nc(-c4nc5c(-c6cccnc6)cncc5[nH]4)c3c2)c1.O=C(Cc1ccccc1)Nc1cncc(-c2ccc3[nH]nc(-c4nc5c(-c6cccnc6)cncc5[nH]4)c3c2)c1.O=C(Nc1cncc(-c2ccc3[nH]nc(-c4nc5c(-c6cccnc6)cncc5[nH]4)c3c2)c1)C1CCC1. The van der Waals surface area contributed by atoms with Gasteiger partial charge in [0, 0.05) is 206 Å². The number of imidazole rings is 4. The van der Waals surface area contributed by atoms with Gasteiger partial charge in [-0.15, -0.1) is 0 Å². The molecule has 0 saturated heterocycles. The number of carbonyl (C=O) groups excluding carboxylic acids is 4. The number of aromatic nitrogens is 28. The highest BCUT2D eigenvalue weighted by atomic mass is 16.2. The van der Waals surface area contributed by atoms with Crippen LogP contribution in [0.2, 0.25) is 0 Å². The number of hydrogen-bond acceptors (Lipinski definition) is 24. The van der Waals surface area contributed by atoms with Gasteiger partial charge in [0.05, 0.1) is 123 Å². The molecule has 0 bridgehead atoms. The summed E-state index contributed by atoms with van der Waals surface area (Å²) < 4.78 is 0. The Kier molecular flexibility index (Phi) is 26.0. The molecular weight excluding hydrogens is 1880 g/mol. The summed E-state index contributed by atoms with van der Waals surface area (Å²) >= 11 is 0. The maximum absolute atomic E-state index is 12.6. The number of rotatable bonds is 24. The average molecular weight is 1970 g/mol. The first-order chi connectivity index (χ1) is 73.8. The van der Waals surface area contributed by atoms with E-state index in [0.29, 0.717) is 88.1 Å². The molecule has 0 spiro atoms. The highest BCUT2D eigenvalue weighted by Crippen LogP contribution is 2.41. The van der Waals surface area contributed by atoms with Crippen LogP contribution in [-0.4, -0.2) is 164 Å². The van der Waals surface area contributed by atoms with Gasteiger partial charge in [-0.3, -0.25) is 99.4 Å². The van der Waals surface area contributed by atoms with Crippen molar-refractivity contribution in [1.82, 2.24) is 140 Å². The zero-order chi connectivity index (χ0) is 101. The van der Waals surface area contributed by atoms with E-state index in [2.05, 4.69) is 167 Å². The van der Waals surface area contributed by atoms with Gasteiger partial charge in [-0.25, -0.2) is 19.9 Å². The number of benzene rings is 5. The average Bonchev–Trinajstić information content (AvgIpc) is 1.62. The fourth-order valence-electron chi connectivity index (χ4n) is 18.2. The molecule has 1 fully saturated rings. The summed E-state index contributed by atoms with van der Waals surface area (Å²) in [5.74, 6) is 2.65. The van der Waals surface area contributed by atoms with Crippen LogP contribution in [0.1, 0.15) is 70.8 Å². The first-order valence-corrected chi connectivity index (χ1v) is 48.8. The van der Waals surface area contributed by atoms with Gasteiger partial charge in [0.25, 0.3) is 0 Å². The van der Waals surface area contributed by atoms with Crippen molar-refractivity contribution < 1.29 is 19.2 Å². The molecule has 0 atom stereocenters. The number of unbranched alkanes of at least 4 members (excludes halogenated alkanes) is 1. The van der Waals surface area contributed by atoms with Crippen LogP contribution in [0.4, 0.5) is 22.7 Å². The summed E-state index contributed by atoms with van der Waals surface area (Å²) in [5, 5.41) is 46.2. The Morgan fingerprint density at radius 1 is 0.280 bits per heavy atom. The molecule has 25 aromatic rings. The highest BCUT2D eigenvalue weighted by Gasteiger charge is 2.28. The Hall–Kier alpha value is -20.5. The lowest BCUT2D eigenvalue weighted by molar-refractivity contribution is -0.122. The molecule has 20 heterocycles. The third kappa shape index (κ3) is 19.9. The van der Waals surface area contributed by atoms with E-state index in [1.807, 2.05) is 165 Å². The van der Waals surface area contributed by atoms with E-state index in [1.165, 1.54) is 0 Å². The van der Waals surface area contributed by atoms with Gasteiger partial charge in [0.15, 0.2) is 23.3 Å². The van der Waals surface area contributed by atoms with Crippen molar-refractivity contribution in [2.24, 2.45) is 5.92 Å². The molecule has 730 valence electrons. The fourth-order valence-corrected chi connectivity index (χ4v) is 18.2. The normalized spacial score (nSPS) is 11.8. The Morgan fingerprint density at radius 3 is 0.887 bits per heavy atom. The van der Waals surface area contributed by atoms with Crippen LogP contribution in [0.15, 0.2) is 325 Å². The molecular formula is C114H90N32O4. The molecule has 26 rings (SSSR count). The quantitative estimate of drug-likeness (QED) is 0.0267. The summed E-state index contributed by atoms with van der Waals surface area (Å²) in [6.07, 6.45) is 49.1. The van der Waals surface area contributed by atoms with Gasteiger partial charge in [0.2, 0.25) is 23.6 Å². The van der Waals surface area contributed by atoms with Crippen molar-refractivity contribution in [2.45, 2.75) is 71.6 Å². The van der Waals surface area contributed by atoms with Gasteiger partial charge in [-0.05, 0) is 151 Å². The molecule has 4 amide bonds. The lowest BCUT2D eigenvalue weighted by atomic mass is 9.85. The van der Waals surface area contributed by atoms with E-state index in [4.69, 9.17) is 19.9 Å². The van der Waals surface area contributed by atoms with Crippen LogP contribution in [0, 0.1) is 5.92 Å². The second-order valence-electron chi connectivity index (χ2n) is 36.1. The van der Waals surface area contributed by atoms with E-state index in [0.717, 1.165) is 221 Å². The van der Waals surface area contributed by atoms with Crippen molar-refractivity contribution in [1.29, 1.82) is 0 Å². The van der Waals surface area contributed by atoms with E-state index in [9.17, 15) is 19.2 Å². The molecule has 5 aromatic carbocycles. The lowest BCUT2D eigenvalue weighted by Crippen LogP contribution is -2.28. The largest absolute Gasteiger partial charge is 0.335 e. The van der Waals surface area contributed by atoms with Gasteiger partial charge < -0.3 is 41.2 Å². The van der Waals surface area contributed by atoms with Gasteiger partial charge in [-0.2, -0.15) is 20.4 Å². The first-order valence-electron chi connectivity index (χ1n) is 48.8. The third-order valence-corrected chi connectivity index (χ3v) is 25.9. The van der Waals surface area contributed by atoms with Crippen LogP contribution < -0.4 is 21.3 Å².